The number of aromatic nitrogens is 1. The standard InChI is InChI=1S/C6H7NO2/c1-5-6(2-3-8)4-9-7-5/h3-4H,2H2,1H3. The van der Waals surface area contributed by atoms with Gasteiger partial charge in [-0.05, 0) is 6.92 Å². The van der Waals surface area contributed by atoms with Crippen molar-refractivity contribution in [3.05, 3.63) is 17.5 Å². The predicted octanol–water partition coefficient (Wildman–Crippen LogP) is 0.724. The van der Waals surface area contributed by atoms with Gasteiger partial charge in [0.15, 0.2) is 0 Å². The summed E-state index contributed by atoms with van der Waals surface area (Å²) in [5.41, 5.74) is 1.66. The molecule has 1 heterocycles. The fraction of sp³-hybridized carbons (Fsp3) is 0.333. The first-order chi connectivity index (χ1) is 4.34. The molecule has 0 saturated heterocycles. The first-order valence-corrected chi connectivity index (χ1v) is 2.68. The smallest absolute Gasteiger partial charge is 0.127 e. The molecule has 0 radical (unpaired) electrons. The Kier molecular flexibility index (Phi) is 1.63. The van der Waals surface area contributed by atoms with Crippen LogP contribution in [-0.2, 0) is 11.2 Å². The van der Waals surface area contributed by atoms with Crippen molar-refractivity contribution in [1.82, 2.24) is 5.16 Å². The summed E-state index contributed by atoms with van der Waals surface area (Å²) >= 11 is 0. The van der Waals surface area contributed by atoms with Crippen LogP contribution in [0.15, 0.2) is 10.8 Å². The normalized spacial score (nSPS) is 9.44. The summed E-state index contributed by atoms with van der Waals surface area (Å²) in [7, 11) is 0. The molecule has 0 aliphatic heterocycles. The molecular formula is C6H7NO2. The first-order valence-electron chi connectivity index (χ1n) is 2.68. The van der Waals surface area contributed by atoms with Crippen molar-refractivity contribution >= 4 is 6.29 Å². The van der Waals surface area contributed by atoms with Crippen molar-refractivity contribution in [1.29, 1.82) is 0 Å². The van der Waals surface area contributed by atoms with Crippen molar-refractivity contribution in [3.63, 3.8) is 0 Å². The molecule has 0 amide bonds. The first kappa shape index (κ1) is 6.01. The average molecular weight is 125 g/mol. The molecule has 0 unspecified atom stereocenters. The Morgan fingerprint density at radius 1 is 1.89 bits per heavy atom. The highest BCUT2D eigenvalue weighted by Gasteiger charge is 1.99. The molecule has 3 nitrogen and oxygen atoms in total. The van der Waals surface area contributed by atoms with Crippen LogP contribution >= 0.6 is 0 Å². The Bertz CT molecular complexity index is 205. The number of aryl methyl sites for hydroxylation is 1. The highest BCUT2D eigenvalue weighted by atomic mass is 16.5. The van der Waals surface area contributed by atoms with E-state index in [4.69, 9.17) is 0 Å². The highest BCUT2D eigenvalue weighted by Crippen LogP contribution is 2.03. The van der Waals surface area contributed by atoms with Crippen molar-refractivity contribution < 1.29 is 9.32 Å². The van der Waals surface area contributed by atoms with Gasteiger partial charge in [-0.15, -0.1) is 0 Å². The zero-order valence-electron chi connectivity index (χ0n) is 5.13. The van der Waals surface area contributed by atoms with E-state index in [0.717, 1.165) is 17.5 Å². The van der Waals surface area contributed by atoms with E-state index in [9.17, 15) is 4.79 Å². The van der Waals surface area contributed by atoms with Crippen molar-refractivity contribution in [2.24, 2.45) is 0 Å². The molecule has 0 N–H and O–H groups in total. The molecule has 0 aliphatic carbocycles. The monoisotopic (exact) mass is 125 g/mol. The topological polar surface area (TPSA) is 43.1 Å². The number of carbonyl (C=O) groups is 1. The van der Waals surface area contributed by atoms with Gasteiger partial charge in [-0.1, -0.05) is 5.16 Å². The van der Waals surface area contributed by atoms with Crippen molar-refractivity contribution in [3.8, 4) is 0 Å². The fourth-order valence-electron chi connectivity index (χ4n) is 0.599. The Labute approximate surface area is 52.7 Å². The minimum absolute atomic E-state index is 0.398. The summed E-state index contributed by atoms with van der Waals surface area (Å²) in [6.07, 6.45) is 2.72. The number of hydrogen-bond donors (Lipinski definition) is 0. The van der Waals surface area contributed by atoms with Gasteiger partial charge in [0.2, 0.25) is 0 Å². The van der Waals surface area contributed by atoms with Gasteiger partial charge in [0.1, 0.15) is 12.5 Å². The van der Waals surface area contributed by atoms with E-state index < -0.39 is 0 Å². The van der Waals surface area contributed by atoms with Crippen LogP contribution in [0, 0.1) is 6.92 Å². The summed E-state index contributed by atoms with van der Waals surface area (Å²) in [6.45, 7) is 1.81. The van der Waals surface area contributed by atoms with E-state index in [1.54, 1.807) is 0 Å². The zero-order chi connectivity index (χ0) is 6.69. The third-order valence-electron chi connectivity index (χ3n) is 1.15. The van der Waals surface area contributed by atoms with Gasteiger partial charge >= 0.3 is 0 Å². The lowest BCUT2D eigenvalue weighted by Gasteiger charge is -1.82. The van der Waals surface area contributed by atoms with Crippen LogP contribution in [0.2, 0.25) is 0 Å². The SMILES string of the molecule is Cc1nocc1CC=O. The van der Waals surface area contributed by atoms with Gasteiger partial charge in [0, 0.05) is 12.0 Å². The van der Waals surface area contributed by atoms with E-state index in [2.05, 4.69) is 9.68 Å². The van der Waals surface area contributed by atoms with Gasteiger partial charge in [-0.2, -0.15) is 0 Å². The van der Waals surface area contributed by atoms with Crippen LogP contribution < -0.4 is 0 Å². The largest absolute Gasteiger partial charge is 0.364 e. The number of rotatable bonds is 2. The van der Waals surface area contributed by atoms with Crippen LogP contribution in [0.4, 0.5) is 0 Å². The predicted molar refractivity (Wildman–Crippen MR) is 31.0 cm³/mol. The summed E-state index contributed by atoms with van der Waals surface area (Å²) in [4.78, 5) is 9.96. The molecule has 0 aliphatic rings. The van der Waals surface area contributed by atoms with Gasteiger partial charge in [0.25, 0.3) is 0 Å². The number of carbonyl (C=O) groups excluding carboxylic acids is 1. The van der Waals surface area contributed by atoms with E-state index in [0.29, 0.717) is 6.42 Å². The lowest BCUT2D eigenvalue weighted by atomic mass is 10.2. The molecule has 1 aromatic heterocycles. The Morgan fingerprint density at radius 2 is 2.67 bits per heavy atom. The van der Waals surface area contributed by atoms with Crippen LogP contribution in [0.3, 0.4) is 0 Å². The maximum atomic E-state index is 9.96. The summed E-state index contributed by atoms with van der Waals surface area (Å²) < 4.78 is 4.59. The summed E-state index contributed by atoms with van der Waals surface area (Å²) in [6, 6.07) is 0. The van der Waals surface area contributed by atoms with E-state index in [1.807, 2.05) is 6.92 Å². The van der Waals surface area contributed by atoms with E-state index >= 15 is 0 Å². The number of hydrogen-bond acceptors (Lipinski definition) is 3. The fourth-order valence-corrected chi connectivity index (χ4v) is 0.599. The number of aldehydes is 1. The lowest BCUT2D eigenvalue weighted by molar-refractivity contribution is -0.107. The van der Waals surface area contributed by atoms with Crippen LogP contribution in [0.1, 0.15) is 11.3 Å². The molecule has 0 spiro atoms. The Balaban J connectivity index is 2.80. The molecule has 1 aromatic rings. The third kappa shape index (κ3) is 1.16. The third-order valence-corrected chi connectivity index (χ3v) is 1.15. The average Bonchev–Trinajstić information content (AvgIpc) is 2.18. The Morgan fingerprint density at radius 3 is 3.11 bits per heavy atom. The minimum atomic E-state index is 0.398. The minimum Gasteiger partial charge on any atom is -0.364 e. The molecule has 0 fully saturated rings. The lowest BCUT2D eigenvalue weighted by Crippen LogP contribution is -1.84. The molecule has 0 atom stereocenters. The van der Waals surface area contributed by atoms with Crippen LogP contribution in [0.5, 0.6) is 0 Å². The van der Waals surface area contributed by atoms with Crippen molar-refractivity contribution in [2.45, 2.75) is 13.3 Å². The molecule has 0 saturated carbocycles. The maximum absolute atomic E-state index is 9.96. The number of nitrogens with zero attached hydrogens (tertiary/aromatic N) is 1. The van der Waals surface area contributed by atoms with Crippen LogP contribution in [-0.4, -0.2) is 11.4 Å². The molecule has 0 aromatic carbocycles. The van der Waals surface area contributed by atoms with Gasteiger partial charge in [-0.25, -0.2) is 0 Å². The highest BCUT2D eigenvalue weighted by molar-refractivity contribution is 5.54. The Hall–Kier alpha value is -1.12. The second-order valence-electron chi connectivity index (χ2n) is 1.80. The summed E-state index contributed by atoms with van der Waals surface area (Å²) in [5, 5.41) is 3.60. The van der Waals surface area contributed by atoms with E-state index in [-0.39, 0.29) is 0 Å². The second-order valence-corrected chi connectivity index (χ2v) is 1.80. The second kappa shape index (κ2) is 2.44. The summed E-state index contributed by atoms with van der Waals surface area (Å²) in [5.74, 6) is 0. The molecule has 48 valence electrons. The zero-order valence-corrected chi connectivity index (χ0v) is 5.13. The molecular weight excluding hydrogens is 118 g/mol. The van der Waals surface area contributed by atoms with Crippen LogP contribution in [0.25, 0.3) is 0 Å². The van der Waals surface area contributed by atoms with E-state index in [1.165, 1.54) is 6.26 Å². The van der Waals surface area contributed by atoms with Gasteiger partial charge in [0.05, 0.1) is 5.69 Å². The van der Waals surface area contributed by atoms with Gasteiger partial charge < -0.3 is 9.32 Å². The maximum Gasteiger partial charge on any atom is 0.127 e. The molecule has 0 bridgehead atoms. The molecule has 3 heteroatoms. The quantitative estimate of drug-likeness (QED) is 0.547. The van der Waals surface area contributed by atoms with Gasteiger partial charge in [-0.3, -0.25) is 0 Å². The molecule has 9 heavy (non-hydrogen) atoms. The van der Waals surface area contributed by atoms with Crippen molar-refractivity contribution in [2.75, 3.05) is 0 Å². The molecule has 1 rings (SSSR count).